The monoisotopic (exact) mass is 290 g/mol. The third-order valence-electron chi connectivity index (χ3n) is 2.03. The van der Waals surface area contributed by atoms with Gasteiger partial charge in [0.05, 0.1) is 0 Å². The Morgan fingerprint density at radius 1 is 1.06 bits per heavy atom. The molecule has 0 unspecified atom stereocenters. The van der Waals surface area contributed by atoms with Crippen LogP contribution in [0.3, 0.4) is 0 Å². The van der Waals surface area contributed by atoms with E-state index < -0.39 is 0 Å². The van der Waals surface area contributed by atoms with Gasteiger partial charge in [0, 0.05) is 4.47 Å². The average molecular weight is 291 g/mol. The van der Waals surface area contributed by atoms with Crippen molar-refractivity contribution in [1.82, 2.24) is 0 Å². The first kappa shape index (κ1) is 13.5. The summed E-state index contributed by atoms with van der Waals surface area (Å²) in [5, 5.41) is 8.63. The zero-order valence-corrected chi connectivity index (χ0v) is 11.1. The Balaban J connectivity index is 0.000000181. The van der Waals surface area contributed by atoms with E-state index in [2.05, 4.69) is 34.6 Å². The normalized spacial score (nSPS) is 9.00. The molecule has 88 valence electrons. The first-order chi connectivity index (χ1) is 8.22. The summed E-state index contributed by atoms with van der Waals surface area (Å²) in [6.07, 6.45) is 2.85. The highest BCUT2D eigenvalue weighted by molar-refractivity contribution is 9.10. The van der Waals surface area contributed by atoms with Crippen LogP contribution in [0.2, 0.25) is 0 Å². The molecule has 17 heavy (non-hydrogen) atoms. The number of para-hydroxylation sites is 1. The molecule has 0 heterocycles. The summed E-state index contributed by atoms with van der Waals surface area (Å²) in [6, 6.07) is 17.0. The first-order valence-corrected chi connectivity index (χ1v) is 6.11. The van der Waals surface area contributed by atoms with Crippen molar-refractivity contribution < 1.29 is 5.11 Å². The largest absolute Gasteiger partial charge is 0.508 e. The van der Waals surface area contributed by atoms with E-state index in [4.69, 9.17) is 5.11 Å². The number of halogens is 1. The molecule has 0 aliphatic carbocycles. The maximum atomic E-state index is 8.63. The number of aromatic hydroxyl groups is 1. The van der Waals surface area contributed by atoms with Crippen molar-refractivity contribution >= 4 is 15.9 Å². The molecule has 1 N–H and O–H groups in total. The lowest BCUT2D eigenvalue weighted by Crippen LogP contribution is -1.77. The standard InChI is InChI=1S/C9H9Br.C6H6O/c1-2-4-8-5-3-6-9(10)7-8;7-6-4-2-1-3-5-6/h2-3,5-7H,1,4H2;1-5,7H. The van der Waals surface area contributed by atoms with Gasteiger partial charge in [-0.05, 0) is 36.2 Å². The SMILES string of the molecule is C=CCc1cccc(Br)c1.Oc1ccccc1. The van der Waals surface area contributed by atoms with Crippen molar-refractivity contribution in [3.05, 3.63) is 77.3 Å². The molecule has 2 heteroatoms. The van der Waals surface area contributed by atoms with Crippen LogP contribution in [0.4, 0.5) is 0 Å². The van der Waals surface area contributed by atoms with Crippen molar-refractivity contribution in [3.63, 3.8) is 0 Å². The molecule has 0 aromatic heterocycles. The Kier molecular flexibility index (Phi) is 6.12. The van der Waals surface area contributed by atoms with Gasteiger partial charge in [0.15, 0.2) is 0 Å². The number of benzene rings is 2. The van der Waals surface area contributed by atoms with E-state index in [0.29, 0.717) is 5.75 Å². The van der Waals surface area contributed by atoms with Crippen molar-refractivity contribution in [2.24, 2.45) is 0 Å². The summed E-state index contributed by atoms with van der Waals surface area (Å²) in [5.74, 6) is 0.322. The molecule has 0 aliphatic heterocycles. The molecule has 0 amide bonds. The Morgan fingerprint density at radius 2 is 1.76 bits per heavy atom. The van der Waals surface area contributed by atoms with Crippen LogP contribution in [0.25, 0.3) is 0 Å². The smallest absolute Gasteiger partial charge is 0.115 e. The number of phenolic OH excluding ortho intramolecular Hbond substituents is 1. The molecule has 0 saturated carbocycles. The molecule has 0 aliphatic rings. The number of hydrogen-bond acceptors (Lipinski definition) is 1. The lowest BCUT2D eigenvalue weighted by atomic mass is 10.2. The summed E-state index contributed by atoms with van der Waals surface area (Å²) in [4.78, 5) is 0. The van der Waals surface area contributed by atoms with E-state index >= 15 is 0 Å². The minimum absolute atomic E-state index is 0.322. The van der Waals surface area contributed by atoms with Crippen LogP contribution in [-0.2, 0) is 6.42 Å². The number of rotatable bonds is 2. The zero-order valence-electron chi connectivity index (χ0n) is 9.51. The zero-order chi connectivity index (χ0) is 12.5. The Morgan fingerprint density at radius 3 is 2.24 bits per heavy atom. The second kappa shape index (κ2) is 7.69. The summed E-state index contributed by atoms with van der Waals surface area (Å²) in [7, 11) is 0. The molecule has 0 bridgehead atoms. The predicted molar refractivity (Wildman–Crippen MR) is 76.1 cm³/mol. The van der Waals surface area contributed by atoms with Gasteiger partial charge in [-0.2, -0.15) is 0 Å². The fourth-order valence-electron chi connectivity index (χ4n) is 1.26. The highest BCUT2D eigenvalue weighted by atomic mass is 79.9. The lowest BCUT2D eigenvalue weighted by Gasteiger charge is -1.95. The van der Waals surface area contributed by atoms with E-state index in [1.165, 1.54) is 5.56 Å². The van der Waals surface area contributed by atoms with E-state index in [-0.39, 0.29) is 0 Å². The quantitative estimate of drug-likeness (QED) is 0.804. The van der Waals surface area contributed by atoms with Crippen LogP contribution in [0.1, 0.15) is 5.56 Å². The third kappa shape index (κ3) is 5.93. The van der Waals surface area contributed by atoms with E-state index in [1.807, 2.05) is 24.3 Å². The van der Waals surface area contributed by atoms with Gasteiger partial charge in [-0.3, -0.25) is 0 Å². The Hall–Kier alpha value is -1.54. The molecule has 2 aromatic carbocycles. The minimum atomic E-state index is 0.322. The molecule has 0 fully saturated rings. The van der Waals surface area contributed by atoms with Crippen LogP contribution >= 0.6 is 15.9 Å². The molecular formula is C15H15BrO. The molecule has 0 radical (unpaired) electrons. The number of allylic oxidation sites excluding steroid dienone is 1. The fraction of sp³-hybridized carbons (Fsp3) is 0.0667. The van der Waals surface area contributed by atoms with E-state index in [0.717, 1.165) is 10.9 Å². The van der Waals surface area contributed by atoms with Crippen LogP contribution in [0.5, 0.6) is 5.75 Å². The Labute approximate surface area is 111 Å². The van der Waals surface area contributed by atoms with Gasteiger partial charge in [-0.25, -0.2) is 0 Å². The summed E-state index contributed by atoms with van der Waals surface area (Å²) < 4.78 is 1.13. The predicted octanol–water partition coefficient (Wildman–Crippen LogP) is 4.57. The van der Waals surface area contributed by atoms with Crippen molar-refractivity contribution in [1.29, 1.82) is 0 Å². The van der Waals surface area contributed by atoms with Gasteiger partial charge >= 0.3 is 0 Å². The topological polar surface area (TPSA) is 20.2 Å². The highest BCUT2D eigenvalue weighted by Gasteiger charge is 1.88. The molecule has 2 rings (SSSR count). The third-order valence-corrected chi connectivity index (χ3v) is 2.52. The fourth-order valence-corrected chi connectivity index (χ4v) is 1.71. The molecule has 1 nitrogen and oxygen atoms in total. The van der Waals surface area contributed by atoms with Crippen LogP contribution in [0, 0.1) is 0 Å². The maximum absolute atomic E-state index is 8.63. The van der Waals surface area contributed by atoms with Crippen molar-refractivity contribution in [2.45, 2.75) is 6.42 Å². The van der Waals surface area contributed by atoms with Gasteiger partial charge in [-0.1, -0.05) is 52.3 Å². The van der Waals surface area contributed by atoms with Gasteiger partial charge in [0.25, 0.3) is 0 Å². The second-order valence-corrected chi connectivity index (χ2v) is 4.37. The Bertz CT molecular complexity index is 451. The summed E-state index contributed by atoms with van der Waals surface area (Å²) >= 11 is 3.40. The lowest BCUT2D eigenvalue weighted by molar-refractivity contribution is 0.475. The van der Waals surface area contributed by atoms with Crippen LogP contribution in [0.15, 0.2) is 71.7 Å². The van der Waals surface area contributed by atoms with Gasteiger partial charge in [0.2, 0.25) is 0 Å². The molecule has 2 aromatic rings. The second-order valence-electron chi connectivity index (χ2n) is 3.46. The van der Waals surface area contributed by atoms with E-state index in [9.17, 15) is 0 Å². The van der Waals surface area contributed by atoms with Crippen molar-refractivity contribution in [3.8, 4) is 5.75 Å². The molecule has 0 atom stereocenters. The molecular weight excluding hydrogens is 276 g/mol. The van der Waals surface area contributed by atoms with Crippen molar-refractivity contribution in [2.75, 3.05) is 0 Å². The molecule has 0 saturated heterocycles. The number of phenols is 1. The van der Waals surface area contributed by atoms with Gasteiger partial charge < -0.3 is 5.11 Å². The molecule has 0 spiro atoms. The summed E-state index contributed by atoms with van der Waals surface area (Å²) in [5.41, 5.74) is 1.30. The van der Waals surface area contributed by atoms with E-state index in [1.54, 1.807) is 24.3 Å². The summed E-state index contributed by atoms with van der Waals surface area (Å²) in [6.45, 7) is 3.67. The van der Waals surface area contributed by atoms with Gasteiger partial charge in [-0.15, -0.1) is 6.58 Å². The highest BCUT2D eigenvalue weighted by Crippen LogP contribution is 2.11. The van der Waals surface area contributed by atoms with Crippen LogP contribution < -0.4 is 0 Å². The minimum Gasteiger partial charge on any atom is -0.508 e. The first-order valence-electron chi connectivity index (χ1n) is 5.31. The van der Waals surface area contributed by atoms with Crippen LogP contribution in [-0.4, -0.2) is 5.11 Å². The average Bonchev–Trinajstić information content (AvgIpc) is 2.31. The van der Waals surface area contributed by atoms with Gasteiger partial charge in [0.1, 0.15) is 5.75 Å². The number of hydrogen-bond donors (Lipinski definition) is 1. The maximum Gasteiger partial charge on any atom is 0.115 e.